The van der Waals surface area contributed by atoms with Crippen LogP contribution in [0, 0.1) is 0 Å². The molecule has 0 radical (unpaired) electrons. The van der Waals surface area contributed by atoms with Crippen molar-refractivity contribution in [1.82, 2.24) is 5.32 Å². The van der Waals surface area contributed by atoms with Crippen molar-refractivity contribution in [2.75, 3.05) is 13.2 Å². The fourth-order valence-corrected chi connectivity index (χ4v) is 3.98. The molecule has 0 atom stereocenters. The average molecular weight is 464 g/mol. The van der Waals surface area contributed by atoms with E-state index < -0.39 is 11.7 Å². The highest BCUT2D eigenvalue weighted by Gasteiger charge is 2.15. The van der Waals surface area contributed by atoms with Crippen LogP contribution in [-0.4, -0.2) is 35.1 Å². The molecule has 0 saturated carbocycles. The third-order valence-corrected chi connectivity index (χ3v) is 5.75. The maximum absolute atomic E-state index is 11.7. The number of benzene rings is 2. The summed E-state index contributed by atoms with van der Waals surface area (Å²) in [6.07, 6.45) is -0.474. The van der Waals surface area contributed by atoms with Gasteiger partial charge in [-0.05, 0) is 66.9 Å². The van der Waals surface area contributed by atoms with E-state index in [1.165, 1.54) is 23.5 Å². The molecule has 0 fully saturated rings. The Morgan fingerprint density at radius 3 is 2.03 bits per heavy atom. The van der Waals surface area contributed by atoms with E-state index in [2.05, 4.69) is 11.4 Å². The van der Waals surface area contributed by atoms with Crippen molar-refractivity contribution in [3.8, 4) is 5.75 Å². The molecule has 8 heteroatoms. The Morgan fingerprint density at radius 2 is 1.48 bits per heavy atom. The summed E-state index contributed by atoms with van der Waals surface area (Å²) in [4.78, 5) is 34.5. The van der Waals surface area contributed by atoms with Crippen molar-refractivity contribution in [1.29, 1.82) is 0 Å². The molecule has 31 heavy (non-hydrogen) atoms. The zero-order valence-corrected chi connectivity index (χ0v) is 20.2. The summed E-state index contributed by atoms with van der Waals surface area (Å²) in [7, 11) is 0. The molecule has 1 amide bonds. The Labute approximate surface area is 191 Å². The van der Waals surface area contributed by atoms with Gasteiger partial charge in [0.05, 0.1) is 6.54 Å². The van der Waals surface area contributed by atoms with Gasteiger partial charge in [0.2, 0.25) is 0 Å². The molecule has 6 nitrogen and oxygen atoms in total. The zero-order chi connectivity index (χ0) is 23.0. The number of ether oxygens (including phenoxy) is 2. The molecular formula is C23H29NO5S2. The second-order valence-corrected chi connectivity index (χ2v) is 10.3. The molecule has 0 bridgehead atoms. The van der Waals surface area contributed by atoms with Crippen molar-refractivity contribution >= 4 is 50.6 Å². The summed E-state index contributed by atoms with van der Waals surface area (Å²) in [6, 6.07) is 9.90. The lowest BCUT2D eigenvalue weighted by Gasteiger charge is -2.19. The van der Waals surface area contributed by atoms with Crippen LogP contribution in [0.5, 0.6) is 5.75 Å². The van der Waals surface area contributed by atoms with Gasteiger partial charge in [0.1, 0.15) is 18.0 Å². The largest absolute Gasteiger partial charge is 0.492 e. The van der Waals surface area contributed by atoms with Gasteiger partial charge in [-0.2, -0.15) is 0 Å². The van der Waals surface area contributed by atoms with Gasteiger partial charge in [-0.25, -0.2) is 4.79 Å². The van der Waals surface area contributed by atoms with E-state index >= 15 is 0 Å². The lowest BCUT2D eigenvalue weighted by Crippen LogP contribution is -2.34. The van der Waals surface area contributed by atoms with Crippen LogP contribution in [0.15, 0.2) is 30.3 Å². The van der Waals surface area contributed by atoms with Crippen molar-refractivity contribution in [2.45, 2.75) is 51.7 Å². The van der Waals surface area contributed by atoms with Gasteiger partial charge in [-0.3, -0.25) is 9.59 Å². The van der Waals surface area contributed by atoms with Gasteiger partial charge >= 0.3 is 6.09 Å². The highest BCUT2D eigenvalue weighted by atomic mass is 32.2. The number of thioether (sulfide) groups is 2. The van der Waals surface area contributed by atoms with Crippen molar-refractivity contribution in [3.05, 3.63) is 41.5 Å². The third kappa shape index (κ3) is 9.23. The molecule has 1 N–H and O–H groups in total. The summed E-state index contributed by atoms with van der Waals surface area (Å²) >= 11 is 2.51. The summed E-state index contributed by atoms with van der Waals surface area (Å²) in [6.45, 7) is 9.17. The summed E-state index contributed by atoms with van der Waals surface area (Å²) in [5, 5.41) is 4.81. The Kier molecular flexibility index (Phi) is 9.25. The van der Waals surface area contributed by atoms with Crippen LogP contribution in [0.4, 0.5) is 4.79 Å². The average Bonchev–Trinajstić information content (AvgIpc) is 2.66. The predicted octanol–water partition coefficient (Wildman–Crippen LogP) is 5.30. The smallest absolute Gasteiger partial charge is 0.407 e. The first-order valence-electron chi connectivity index (χ1n) is 9.95. The molecule has 168 valence electrons. The molecule has 2 aromatic carbocycles. The van der Waals surface area contributed by atoms with Gasteiger partial charge < -0.3 is 14.8 Å². The number of carbonyl (C=O) groups excluding carboxylic acids is 3. The molecule has 0 aliphatic heterocycles. The number of hydrogen-bond donors (Lipinski definition) is 1. The SMILES string of the molecule is CC(=O)SCc1cc2ccc(OCCNC(=O)OC(C)(C)C)cc2cc1CSC(C)=O. The van der Waals surface area contributed by atoms with Gasteiger partial charge in [0, 0.05) is 25.4 Å². The summed E-state index contributed by atoms with van der Waals surface area (Å²) < 4.78 is 11.0. The second kappa shape index (κ2) is 11.4. The number of fused-ring (bicyclic) bond motifs is 1. The van der Waals surface area contributed by atoms with Crippen LogP contribution in [0.1, 0.15) is 45.7 Å². The fourth-order valence-electron chi connectivity index (χ4n) is 2.72. The molecule has 2 rings (SSSR count). The van der Waals surface area contributed by atoms with Gasteiger partial charge in [0.25, 0.3) is 0 Å². The van der Waals surface area contributed by atoms with Crippen molar-refractivity contribution in [3.63, 3.8) is 0 Å². The lowest BCUT2D eigenvalue weighted by molar-refractivity contribution is -0.109. The quantitative estimate of drug-likeness (QED) is 0.532. The van der Waals surface area contributed by atoms with Gasteiger partial charge in [0.15, 0.2) is 10.2 Å². The Hall–Kier alpha value is -2.19. The van der Waals surface area contributed by atoms with Gasteiger partial charge in [-0.15, -0.1) is 0 Å². The maximum Gasteiger partial charge on any atom is 0.407 e. The lowest BCUT2D eigenvalue weighted by atomic mass is 10.0. The standard InChI is InChI=1S/C23H29NO5S2/c1-15(25)30-13-19-10-17-6-7-21(12-18(17)11-20(19)14-31-16(2)26)28-9-8-24-22(27)29-23(3,4)5/h6-7,10-12H,8-9,13-14H2,1-5H3,(H,24,27). The molecule has 0 aliphatic carbocycles. The van der Waals surface area contributed by atoms with E-state index in [4.69, 9.17) is 9.47 Å². The van der Waals surface area contributed by atoms with E-state index in [1.54, 1.807) is 13.8 Å². The minimum atomic E-state index is -0.538. The first kappa shape index (κ1) is 25.1. The van der Waals surface area contributed by atoms with Crippen LogP contribution < -0.4 is 10.1 Å². The van der Waals surface area contributed by atoms with E-state index in [9.17, 15) is 14.4 Å². The number of nitrogens with one attached hydrogen (secondary N) is 1. The van der Waals surface area contributed by atoms with Crippen molar-refractivity contribution in [2.24, 2.45) is 0 Å². The highest BCUT2D eigenvalue weighted by Crippen LogP contribution is 2.29. The van der Waals surface area contributed by atoms with Gasteiger partial charge in [-0.1, -0.05) is 29.6 Å². The van der Waals surface area contributed by atoms with Crippen LogP contribution >= 0.6 is 23.5 Å². The monoisotopic (exact) mass is 463 g/mol. The number of hydrogen-bond acceptors (Lipinski definition) is 7. The summed E-state index contributed by atoms with van der Waals surface area (Å²) in [5.74, 6) is 1.83. The molecular weight excluding hydrogens is 434 g/mol. The molecule has 0 saturated heterocycles. The van der Waals surface area contributed by atoms with Crippen LogP contribution in [0.2, 0.25) is 0 Å². The first-order valence-corrected chi connectivity index (χ1v) is 11.9. The fraction of sp³-hybridized carbons (Fsp3) is 0.435. The molecule has 0 aliphatic rings. The number of rotatable bonds is 8. The highest BCUT2D eigenvalue weighted by molar-refractivity contribution is 8.13. The van der Waals surface area contributed by atoms with E-state index in [-0.39, 0.29) is 10.2 Å². The summed E-state index contributed by atoms with van der Waals surface area (Å²) in [5.41, 5.74) is 1.55. The molecule has 0 aromatic heterocycles. The minimum Gasteiger partial charge on any atom is -0.492 e. The molecule has 0 spiro atoms. The Balaban J connectivity index is 2.07. The van der Waals surface area contributed by atoms with Crippen LogP contribution in [0.3, 0.4) is 0 Å². The third-order valence-electron chi connectivity index (χ3n) is 4.03. The van der Waals surface area contributed by atoms with E-state index in [0.29, 0.717) is 30.4 Å². The van der Waals surface area contributed by atoms with E-state index in [0.717, 1.165) is 21.9 Å². The predicted molar refractivity (Wildman–Crippen MR) is 128 cm³/mol. The second-order valence-electron chi connectivity index (χ2n) is 7.97. The number of carbonyl (C=O) groups is 3. The molecule has 0 unspecified atom stereocenters. The number of alkyl carbamates (subject to hydrolysis) is 1. The van der Waals surface area contributed by atoms with Crippen LogP contribution in [-0.2, 0) is 25.8 Å². The van der Waals surface area contributed by atoms with Crippen LogP contribution in [0.25, 0.3) is 10.8 Å². The zero-order valence-electron chi connectivity index (χ0n) is 18.6. The number of amides is 1. The Morgan fingerprint density at radius 1 is 0.903 bits per heavy atom. The topological polar surface area (TPSA) is 81.7 Å². The molecule has 0 heterocycles. The normalized spacial score (nSPS) is 11.3. The maximum atomic E-state index is 11.7. The van der Waals surface area contributed by atoms with E-state index in [1.807, 2.05) is 45.0 Å². The first-order chi connectivity index (χ1) is 14.5. The minimum absolute atomic E-state index is 0.0554. The Bertz CT molecular complexity index is 953. The molecule has 2 aromatic rings. The van der Waals surface area contributed by atoms with Crippen molar-refractivity contribution < 1.29 is 23.9 Å².